The van der Waals surface area contributed by atoms with Crippen LogP contribution in [-0.2, 0) is 21.4 Å². The van der Waals surface area contributed by atoms with E-state index in [2.05, 4.69) is 31.4 Å². The Kier molecular flexibility index (Phi) is 7.21. The first-order chi connectivity index (χ1) is 13.2. The van der Waals surface area contributed by atoms with Crippen LogP contribution in [-0.4, -0.2) is 25.0 Å². The second-order valence-electron chi connectivity index (χ2n) is 7.89. The third-order valence-corrected chi connectivity index (χ3v) is 4.54. The number of anilines is 1. The summed E-state index contributed by atoms with van der Waals surface area (Å²) in [5.41, 5.74) is 3.04. The molecule has 5 nitrogen and oxygen atoms in total. The van der Waals surface area contributed by atoms with E-state index < -0.39 is 6.10 Å². The van der Waals surface area contributed by atoms with Crippen molar-refractivity contribution in [2.75, 3.05) is 12.4 Å². The summed E-state index contributed by atoms with van der Waals surface area (Å²) in [6, 6.07) is 15.3. The third-order valence-electron chi connectivity index (χ3n) is 4.54. The zero-order valence-corrected chi connectivity index (χ0v) is 17.3. The van der Waals surface area contributed by atoms with Crippen molar-refractivity contribution in [3.05, 3.63) is 59.7 Å². The molecule has 0 saturated carbocycles. The molecule has 0 aliphatic carbocycles. The standard InChI is InChI=1S/C23H30N2O3/c1-16(28-20-13-9-18(10-14-20)23(2,3)4)22(27)25-19-11-6-17(7-12-19)8-15-21(26)24-5/h6-7,9-14,16H,8,15H2,1-5H3,(H,24,26)(H,25,27). The lowest BCUT2D eigenvalue weighted by atomic mass is 9.87. The highest BCUT2D eigenvalue weighted by atomic mass is 16.5. The van der Waals surface area contributed by atoms with Crippen molar-refractivity contribution in [2.45, 2.75) is 52.1 Å². The van der Waals surface area contributed by atoms with Crippen LogP contribution in [0.25, 0.3) is 0 Å². The Morgan fingerprint density at radius 2 is 1.61 bits per heavy atom. The van der Waals surface area contributed by atoms with Crippen molar-refractivity contribution >= 4 is 17.5 Å². The molecule has 0 bridgehead atoms. The lowest BCUT2D eigenvalue weighted by Gasteiger charge is -2.20. The van der Waals surface area contributed by atoms with Gasteiger partial charge >= 0.3 is 0 Å². The molecule has 0 fully saturated rings. The molecule has 0 radical (unpaired) electrons. The normalized spacial score (nSPS) is 12.2. The minimum atomic E-state index is -0.617. The number of ether oxygens (including phenoxy) is 1. The number of nitrogens with one attached hydrogen (secondary N) is 2. The van der Waals surface area contributed by atoms with Gasteiger partial charge in [-0.05, 0) is 54.2 Å². The fraction of sp³-hybridized carbons (Fsp3) is 0.391. The minimum absolute atomic E-state index is 0.0129. The van der Waals surface area contributed by atoms with E-state index in [1.54, 1.807) is 14.0 Å². The summed E-state index contributed by atoms with van der Waals surface area (Å²) in [6.45, 7) is 8.19. The molecule has 0 aromatic heterocycles. The number of hydrogen-bond donors (Lipinski definition) is 2. The SMILES string of the molecule is CNC(=O)CCc1ccc(NC(=O)C(C)Oc2ccc(C(C)(C)C)cc2)cc1. The molecule has 150 valence electrons. The molecule has 28 heavy (non-hydrogen) atoms. The van der Waals surface area contributed by atoms with Gasteiger partial charge in [-0.15, -0.1) is 0 Å². The van der Waals surface area contributed by atoms with Crippen molar-refractivity contribution in [2.24, 2.45) is 0 Å². The Labute approximate surface area is 167 Å². The van der Waals surface area contributed by atoms with E-state index in [-0.39, 0.29) is 17.2 Å². The lowest BCUT2D eigenvalue weighted by Crippen LogP contribution is -2.30. The van der Waals surface area contributed by atoms with Crippen LogP contribution in [0.1, 0.15) is 45.2 Å². The van der Waals surface area contributed by atoms with Gasteiger partial charge in [0.25, 0.3) is 5.91 Å². The third kappa shape index (κ3) is 6.41. The molecule has 2 rings (SSSR count). The van der Waals surface area contributed by atoms with Gasteiger partial charge in [-0.3, -0.25) is 9.59 Å². The van der Waals surface area contributed by atoms with Crippen molar-refractivity contribution < 1.29 is 14.3 Å². The average molecular weight is 383 g/mol. The van der Waals surface area contributed by atoms with Crippen LogP contribution in [0.15, 0.2) is 48.5 Å². The second kappa shape index (κ2) is 9.40. The number of aryl methyl sites for hydroxylation is 1. The lowest BCUT2D eigenvalue weighted by molar-refractivity contribution is -0.122. The molecule has 2 aromatic rings. The van der Waals surface area contributed by atoms with Gasteiger partial charge in [0.2, 0.25) is 5.91 Å². The fourth-order valence-corrected chi connectivity index (χ4v) is 2.67. The monoisotopic (exact) mass is 382 g/mol. The van der Waals surface area contributed by atoms with Gasteiger partial charge < -0.3 is 15.4 Å². The zero-order chi connectivity index (χ0) is 20.7. The maximum Gasteiger partial charge on any atom is 0.265 e. The average Bonchev–Trinajstić information content (AvgIpc) is 2.66. The summed E-state index contributed by atoms with van der Waals surface area (Å²) in [6.07, 6.45) is 0.493. The Bertz CT molecular complexity index is 790. The van der Waals surface area contributed by atoms with Crippen LogP contribution in [0.5, 0.6) is 5.75 Å². The molecule has 0 heterocycles. The van der Waals surface area contributed by atoms with Gasteiger partial charge in [0, 0.05) is 19.2 Å². The quantitative estimate of drug-likeness (QED) is 0.759. The van der Waals surface area contributed by atoms with E-state index >= 15 is 0 Å². The molecule has 2 aromatic carbocycles. The topological polar surface area (TPSA) is 67.4 Å². The van der Waals surface area contributed by atoms with E-state index in [1.807, 2.05) is 48.5 Å². The predicted molar refractivity (Wildman–Crippen MR) is 113 cm³/mol. The van der Waals surface area contributed by atoms with Crippen LogP contribution in [0.4, 0.5) is 5.69 Å². The Balaban J connectivity index is 1.88. The number of rotatable bonds is 7. The zero-order valence-electron chi connectivity index (χ0n) is 17.3. The van der Waals surface area contributed by atoms with Crippen molar-refractivity contribution in [3.8, 4) is 5.75 Å². The summed E-state index contributed by atoms with van der Waals surface area (Å²) >= 11 is 0. The van der Waals surface area contributed by atoms with E-state index in [1.165, 1.54) is 5.56 Å². The number of carbonyl (C=O) groups excluding carboxylic acids is 2. The molecule has 1 unspecified atom stereocenters. The summed E-state index contributed by atoms with van der Waals surface area (Å²) in [5, 5.41) is 5.46. The first-order valence-electron chi connectivity index (χ1n) is 9.56. The Hall–Kier alpha value is -2.82. The highest BCUT2D eigenvalue weighted by Crippen LogP contribution is 2.24. The van der Waals surface area contributed by atoms with Gasteiger partial charge in [-0.25, -0.2) is 0 Å². The highest BCUT2D eigenvalue weighted by Gasteiger charge is 2.17. The van der Waals surface area contributed by atoms with Gasteiger partial charge in [-0.2, -0.15) is 0 Å². The summed E-state index contributed by atoms with van der Waals surface area (Å²) < 4.78 is 5.76. The van der Waals surface area contributed by atoms with Crippen molar-refractivity contribution in [1.29, 1.82) is 0 Å². The Morgan fingerprint density at radius 1 is 1.00 bits per heavy atom. The molecule has 0 aliphatic rings. The van der Waals surface area contributed by atoms with Gasteiger partial charge in [-0.1, -0.05) is 45.0 Å². The van der Waals surface area contributed by atoms with Crippen molar-refractivity contribution in [1.82, 2.24) is 5.32 Å². The van der Waals surface area contributed by atoms with Crippen LogP contribution >= 0.6 is 0 Å². The van der Waals surface area contributed by atoms with E-state index in [0.717, 1.165) is 5.56 Å². The number of amides is 2. The highest BCUT2D eigenvalue weighted by molar-refractivity contribution is 5.94. The van der Waals surface area contributed by atoms with E-state index in [9.17, 15) is 9.59 Å². The Morgan fingerprint density at radius 3 is 2.14 bits per heavy atom. The summed E-state index contributed by atoms with van der Waals surface area (Å²) in [4.78, 5) is 23.7. The van der Waals surface area contributed by atoms with Gasteiger partial charge in [0.1, 0.15) is 5.75 Å². The van der Waals surface area contributed by atoms with E-state index in [4.69, 9.17) is 4.74 Å². The molecule has 1 atom stereocenters. The number of benzene rings is 2. The van der Waals surface area contributed by atoms with E-state index in [0.29, 0.717) is 24.3 Å². The molecule has 2 amide bonds. The predicted octanol–water partition coefficient (Wildman–Crippen LogP) is 4.07. The molecular weight excluding hydrogens is 352 g/mol. The molecule has 0 spiro atoms. The molecular formula is C23H30N2O3. The van der Waals surface area contributed by atoms with Crippen LogP contribution < -0.4 is 15.4 Å². The van der Waals surface area contributed by atoms with Gasteiger partial charge in [0.05, 0.1) is 0 Å². The minimum Gasteiger partial charge on any atom is -0.481 e. The van der Waals surface area contributed by atoms with Crippen molar-refractivity contribution in [3.63, 3.8) is 0 Å². The fourth-order valence-electron chi connectivity index (χ4n) is 2.67. The smallest absolute Gasteiger partial charge is 0.265 e. The summed E-state index contributed by atoms with van der Waals surface area (Å²) in [7, 11) is 1.63. The molecule has 5 heteroatoms. The first-order valence-corrected chi connectivity index (χ1v) is 9.56. The second-order valence-corrected chi connectivity index (χ2v) is 7.89. The molecule has 0 saturated heterocycles. The number of carbonyl (C=O) groups is 2. The number of hydrogen-bond acceptors (Lipinski definition) is 3. The first kappa shape index (κ1) is 21.5. The largest absolute Gasteiger partial charge is 0.481 e. The molecule has 0 aliphatic heterocycles. The maximum absolute atomic E-state index is 12.4. The molecule has 2 N–H and O–H groups in total. The van der Waals surface area contributed by atoms with Crippen LogP contribution in [0, 0.1) is 0 Å². The van der Waals surface area contributed by atoms with Gasteiger partial charge in [0.15, 0.2) is 6.10 Å². The van der Waals surface area contributed by atoms with Crippen LogP contribution in [0.3, 0.4) is 0 Å². The van der Waals surface area contributed by atoms with Crippen LogP contribution in [0.2, 0.25) is 0 Å². The summed E-state index contributed by atoms with van der Waals surface area (Å²) in [5.74, 6) is 0.470. The maximum atomic E-state index is 12.4.